The molecule has 0 N–H and O–H groups in total. The van der Waals surface area contributed by atoms with Crippen LogP contribution in [0.25, 0.3) is 0 Å². The Balaban J connectivity index is 2.98. The summed E-state index contributed by atoms with van der Waals surface area (Å²) in [7, 11) is 7.23. The van der Waals surface area contributed by atoms with Crippen molar-refractivity contribution in [2.75, 3.05) is 0 Å². The average molecular weight is 185 g/mol. The lowest BCUT2D eigenvalue weighted by atomic mass is 9.56. The van der Waals surface area contributed by atoms with Gasteiger partial charge in [0.25, 0.3) is 0 Å². The number of allylic oxidation sites excluding steroid dienone is 4. The third kappa shape index (κ3) is 2.06. The highest BCUT2D eigenvalue weighted by atomic mass is 16.1. The molecule has 0 amide bonds. The van der Waals surface area contributed by atoms with Crippen LogP contribution in [-0.2, 0) is 9.59 Å². The summed E-state index contributed by atoms with van der Waals surface area (Å²) in [5.41, 5.74) is 0.872. The first kappa shape index (κ1) is 11.0. The van der Waals surface area contributed by atoms with Gasteiger partial charge in [-0.15, -0.1) is 0 Å². The van der Waals surface area contributed by atoms with E-state index in [0.29, 0.717) is 11.0 Å². The zero-order valence-electron chi connectivity index (χ0n) is 8.63. The van der Waals surface area contributed by atoms with Crippen molar-refractivity contribution in [3.63, 3.8) is 0 Å². The molecule has 0 spiro atoms. The minimum Gasteiger partial charge on any atom is -0.291 e. The Morgan fingerprint density at radius 3 is 2.43 bits per heavy atom. The molecule has 69 valence electrons. The lowest BCUT2D eigenvalue weighted by Gasteiger charge is -2.15. The van der Waals surface area contributed by atoms with E-state index in [1.54, 1.807) is 14.2 Å². The molecule has 0 atom stereocenters. The number of rotatable bonds is 2. The molecule has 4 heteroatoms. The first-order valence-electron chi connectivity index (χ1n) is 4.55. The molecular formula is C10H11B2O2. The molecule has 0 unspecified atom stereocenters. The maximum Gasteiger partial charge on any atom is 0.174 e. The van der Waals surface area contributed by atoms with Crippen LogP contribution in [0, 0.1) is 0 Å². The van der Waals surface area contributed by atoms with Gasteiger partial charge in [0.15, 0.2) is 18.8 Å². The van der Waals surface area contributed by atoms with Gasteiger partial charge in [-0.3, -0.25) is 9.59 Å². The summed E-state index contributed by atoms with van der Waals surface area (Å²) in [5.74, 6) is -0.171. The number of hydrogen-bond acceptors (Lipinski definition) is 2. The number of Topliss-reactive ketones (excluding diaryl/α,β-unsaturated/α-hetero) is 1. The maximum absolute atomic E-state index is 11.6. The molecule has 0 fully saturated rings. The largest absolute Gasteiger partial charge is 0.291 e. The molecule has 0 heterocycles. The third-order valence-corrected chi connectivity index (χ3v) is 2.07. The Morgan fingerprint density at radius 1 is 1.36 bits per heavy atom. The van der Waals surface area contributed by atoms with E-state index in [0.717, 1.165) is 0 Å². The minimum atomic E-state index is -0.269. The Morgan fingerprint density at radius 2 is 1.93 bits per heavy atom. The fourth-order valence-electron chi connectivity index (χ4n) is 1.29. The van der Waals surface area contributed by atoms with Gasteiger partial charge in [-0.05, 0) is 29.5 Å². The minimum absolute atomic E-state index is 0.0657. The fraction of sp³-hybridized carbons (Fsp3) is 0.400. The van der Waals surface area contributed by atoms with Crippen molar-refractivity contribution in [3.05, 3.63) is 22.6 Å². The van der Waals surface area contributed by atoms with Crippen LogP contribution in [0.4, 0.5) is 0 Å². The van der Waals surface area contributed by atoms with Gasteiger partial charge in [0, 0.05) is 0 Å². The number of carbonyl (C=O) groups excluding carboxylic acids is 2. The van der Waals surface area contributed by atoms with Gasteiger partial charge in [0.1, 0.15) is 7.85 Å². The van der Waals surface area contributed by atoms with E-state index < -0.39 is 0 Å². The van der Waals surface area contributed by atoms with Crippen molar-refractivity contribution >= 4 is 26.7 Å². The molecular weight excluding hydrogens is 174 g/mol. The van der Waals surface area contributed by atoms with Crippen molar-refractivity contribution in [1.29, 1.82) is 0 Å². The standard InChI is InChI=1S/C10H11B2O2/c1-5(2)12-7-4-8(13)9(11)6(3)10(7)14/h4-5H,1-3H3. The van der Waals surface area contributed by atoms with E-state index in [9.17, 15) is 9.59 Å². The van der Waals surface area contributed by atoms with Gasteiger partial charge in [-0.2, -0.15) is 0 Å². The van der Waals surface area contributed by atoms with E-state index >= 15 is 0 Å². The van der Waals surface area contributed by atoms with E-state index in [1.165, 1.54) is 6.08 Å². The van der Waals surface area contributed by atoms with E-state index in [4.69, 9.17) is 7.85 Å². The van der Waals surface area contributed by atoms with Crippen LogP contribution >= 0.6 is 0 Å². The highest BCUT2D eigenvalue weighted by Gasteiger charge is 2.22. The molecule has 0 aromatic carbocycles. The molecule has 0 bridgehead atoms. The summed E-state index contributed by atoms with van der Waals surface area (Å²) < 4.78 is 0. The van der Waals surface area contributed by atoms with Crippen molar-refractivity contribution in [2.24, 2.45) is 0 Å². The lowest BCUT2D eigenvalue weighted by Crippen LogP contribution is -2.22. The highest BCUT2D eigenvalue weighted by molar-refractivity contribution is 6.60. The van der Waals surface area contributed by atoms with Crippen LogP contribution in [0.5, 0.6) is 0 Å². The molecule has 1 aliphatic rings. The van der Waals surface area contributed by atoms with Gasteiger partial charge >= 0.3 is 0 Å². The molecule has 1 aliphatic carbocycles. The van der Waals surface area contributed by atoms with E-state index in [-0.39, 0.29) is 22.9 Å². The molecule has 1 rings (SSSR count). The molecule has 0 aromatic rings. The van der Waals surface area contributed by atoms with Crippen molar-refractivity contribution in [1.82, 2.24) is 0 Å². The maximum atomic E-state index is 11.6. The van der Waals surface area contributed by atoms with Crippen LogP contribution in [-0.4, -0.2) is 26.7 Å². The Bertz CT molecular complexity index is 351. The first-order valence-corrected chi connectivity index (χ1v) is 4.55. The molecule has 3 radical (unpaired) electrons. The number of carbonyl (C=O) groups is 2. The molecule has 0 aliphatic heterocycles. The summed E-state index contributed by atoms with van der Waals surface area (Å²) in [4.78, 5) is 22.9. The summed E-state index contributed by atoms with van der Waals surface area (Å²) in [6.45, 7) is 5.49. The second-order valence-corrected chi connectivity index (χ2v) is 3.74. The van der Waals surface area contributed by atoms with Crippen LogP contribution in [0.3, 0.4) is 0 Å². The van der Waals surface area contributed by atoms with Crippen LogP contribution in [0.2, 0.25) is 5.82 Å². The van der Waals surface area contributed by atoms with Gasteiger partial charge in [-0.1, -0.05) is 19.7 Å². The van der Waals surface area contributed by atoms with Crippen molar-refractivity contribution in [3.8, 4) is 0 Å². The molecule has 2 nitrogen and oxygen atoms in total. The zero-order chi connectivity index (χ0) is 10.9. The molecule has 0 saturated heterocycles. The van der Waals surface area contributed by atoms with Gasteiger partial charge in [0.2, 0.25) is 0 Å². The lowest BCUT2D eigenvalue weighted by molar-refractivity contribution is -0.115. The normalized spacial score (nSPS) is 17.6. The molecule has 0 saturated carbocycles. The van der Waals surface area contributed by atoms with Crippen LogP contribution in [0.15, 0.2) is 22.6 Å². The Kier molecular flexibility index (Phi) is 3.14. The molecule has 14 heavy (non-hydrogen) atoms. The first-order chi connectivity index (χ1) is 6.43. The second kappa shape index (κ2) is 3.99. The highest BCUT2D eigenvalue weighted by Crippen LogP contribution is 2.18. The monoisotopic (exact) mass is 185 g/mol. The summed E-state index contributed by atoms with van der Waals surface area (Å²) in [6.07, 6.45) is 1.31. The van der Waals surface area contributed by atoms with Gasteiger partial charge in [-0.25, -0.2) is 0 Å². The fourth-order valence-corrected chi connectivity index (χ4v) is 1.29. The van der Waals surface area contributed by atoms with E-state index in [1.807, 2.05) is 13.8 Å². The van der Waals surface area contributed by atoms with Gasteiger partial charge < -0.3 is 0 Å². The van der Waals surface area contributed by atoms with Gasteiger partial charge in [0.05, 0.1) is 0 Å². The number of ketones is 2. The summed E-state index contributed by atoms with van der Waals surface area (Å²) in [6, 6.07) is 0. The zero-order valence-corrected chi connectivity index (χ0v) is 8.63. The van der Waals surface area contributed by atoms with E-state index in [2.05, 4.69) is 0 Å². The Hall–Kier alpha value is -1.05. The van der Waals surface area contributed by atoms with Crippen molar-refractivity contribution < 1.29 is 9.59 Å². The molecule has 0 aromatic heterocycles. The Labute approximate surface area is 86.1 Å². The third-order valence-electron chi connectivity index (χ3n) is 2.07. The summed E-state index contributed by atoms with van der Waals surface area (Å²) >= 11 is 0. The van der Waals surface area contributed by atoms with Crippen LogP contribution in [0.1, 0.15) is 20.8 Å². The van der Waals surface area contributed by atoms with Crippen LogP contribution < -0.4 is 0 Å². The smallest absolute Gasteiger partial charge is 0.174 e. The summed E-state index contributed by atoms with van der Waals surface area (Å²) in [5, 5.41) is 0. The second-order valence-electron chi connectivity index (χ2n) is 3.74. The SMILES string of the molecule is [B]C1=C(C)C(=O)C([B]C(C)C)=CC1=O. The quantitative estimate of drug-likeness (QED) is 0.474. The predicted molar refractivity (Wildman–Crippen MR) is 57.4 cm³/mol. The average Bonchev–Trinajstić information content (AvgIpc) is 2.10. The predicted octanol–water partition coefficient (Wildman–Crippen LogP) is 0.997. The van der Waals surface area contributed by atoms with Crippen molar-refractivity contribution in [2.45, 2.75) is 26.6 Å². The number of hydrogen-bond donors (Lipinski definition) is 0. The topological polar surface area (TPSA) is 34.1 Å².